The molecule has 2 heterocycles. The zero-order valence-electron chi connectivity index (χ0n) is 10.6. The molecule has 0 aromatic carbocycles. The quantitative estimate of drug-likeness (QED) is 0.814. The van der Waals surface area contributed by atoms with Crippen LogP contribution in [-0.2, 0) is 17.9 Å². The highest BCUT2D eigenvalue weighted by atomic mass is 16.2. The smallest absolute Gasteiger partial charge is 0.243 e. The summed E-state index contributed by atoms with van der Waals surface area (Å²) in [5, 5.41) is 0. The lowest BCUT2D eigenvalue weighted by Gasteiger charge is -2.22. The Morgan fingerprint density at radius 2 is 2.05 bits per heavy atom. The Labute approximate surface area is 111 Å². The van der Waals surface area contributed by atoms with Gasteiger partial charge in [-0.2, -0.15) is 0 Å². The largest absolute Gasteiger partial charge is 0.334 e. The summed E-state index contributed by atoms with van der Waals surface area (Å²) in [6.45, 7) is 1.03. The average Bonchev–Trinajstić information content (AvgIpc) is 3.15. The summed E-state index contributed by atoms with van der Waals surface area (Å²) in [6, 6.07) is 4.32. The van der Waals surface area contributed by atoms with Crippen molar-refractivity contribution in [1.29, 1.82) is 0 Å². The number of rotatable bonds is 5. The monoisotopic (exact) mass is 256 g/mol. The molecule has 0 N–H and O–H groups in total. The number of hydrogen-bond acceptors (Lipinski definition) is 3. The maximum Gasteiger partial charge on any atom is 0.243 e. The molecule has 19 heavy (non-hydrogen) atoms. The molecule has 98 valence electrons. The summed E-state index contributed by atoms with van der Waals surface area (Å²) in [7, 11) is 0. The number of amides is 1. The van der Waals surface area contributed by atoms with Crippen LogP contribution in [0.3, 0.4) is 0 Å². The Hall–Kier alpha value is -2.17. The van der Waals surface area contributed by atoms with Gasteiger partial charge < -0.3 is 9.47 Å². The van der Waals surface area contributed by atoms with E-state index >= 15 is 0 Å². The number of imidazole rings is 1. The van der Waals surface area contributed by atoms with Crippen molar-refractivity contribution in [3.8, 4) is 0 Å². The standard InChI is InChI=1S/C14H16N4O/c19-14(10-17-8-7-16-11-17)18(13-1-2-13)9-12-3-5-15-6-4-12/h3-8,11,13H,1-2,9-10H2. The van der Waals surface area contributed by atoms with Crippen LogP contribution in [0.15, 0.2) is 43.2 Å². The molecule has 0 bridgehead atoms. The summed E-state index contributed by atoms with van der Waals surface area (Å²) in [4.78, 5) is 22.3. The first-order valence-corrected chi connectivity index (χ1v) is 6.47. The fraction of sp³-hybridized carbons (Fsp3) is 0.357. The van der Waals surface area contributed by atoms with Crippen LogP contribution in [0.4, 0.5) is 0 Å². The third-order valence-corrected chi connectivity index (χ3v) is 3.29. The molecule has 0 aliphatic heterocycles. The summed E-state index contributed by atoms with van der Waals surface area (Å²) in [5.74, 6) is 0.150. The van der Waals surface area contributed by atoms with Gasteiger partial charge in [0.2, 0.25) is 5.91 Å². The van der Waals surface area contributed by atoms with Gasteiger partial charge in [-0.1, -0.05) is 0 Å². The first kappa shape index (κ1) is 11.9. The Kier molecular flexibility index (Phi) is 3.27. The molecule has 0 saturated heterocycles. The summed E-state index contributed by atoms with van der Waals surface area (Å²) < 4.78 is 1.81. The predicted octanol–water partition coefficient (Wildman–Crippen LogP) is 1.47. The van der Waals surface area contributed by atoms with Crippen molar-refractivity contribution in [2.75, 3.05) is 0 Å². The van der Waals surface area contributed by atoms with E-state index in [0.29, 0.717) is 19.1 Å². The zero-order valence-corrected chi connectivity index (χ0v) is 10.6. The molecule has 1 saturated carbocycles. The topological polar surface area (TPSA) is 51.0 Å². The lowest BCUT2D eigenvalue weighted by molar-refractivity contribution is -0.133. The fourth-order valence-electron chi connectivity index (χ4n) is 2.12. The Bertz CT molecular complexity index is 534. The van der Waals surface area contributed by atoms with Crippen LogP contribution in [0, 0.1) is 0 Å². The molecule has 5 nitrogen and oxygen atoms in total. The Balaban J connectivity index is 1.69. The van der Waals surface area contributed by atoms with E-state index < -0.39 is 0 Å². The van der Waals surface area contributed by atoms with Gasteiger partial charge in [0.1, 0.15) is 6.54 Å². The number of nitrogens with zero attached hydrogens (tertiary/aromatic N) is 4. The molecule has 0 unspecified atom stereocenters. The lowest BCUT2D eigenvalue weighted by atomic mass is 10.2. The summed E-state index contributed by atoms with van der Waals surface area (Å²) in [6.07, 6.45) is 10.9. The van der Waals surface area contributed by atoms with E-state index in [0.717, 1.165) is 18.4 Å². The van der Waals surface area contributed by atoms with E-state index in [4.69, 9.17) is 0 Å². The highest BCUT2D eigenvalue weighted by Gasteiger charge is 2.32. The first-order valence-electron chi connectivity index (χ1n) is 6.47. The van der Waals surface area contributed by atoms with E-state index in [1.807, 2.05) is 27.8 Å². The number of aromatic nitrogens is 3. The minimum absolute atomic E-state index is 0.150. The maximum absolute atomic E-state index is 12.4. The van der Waals surface area contributed by atoms with Crippen LogP contribution in [0.25, 0.3) is 0 Å². The van der Waals surface area contributed by atoms with E-state index in [-0.39, 0.29) is 5.91 Å². The molecule has 5 heteroatoms. The molecule has 1 fully saturated rings. The molecule has 2 aromatic heterocycles. The molecule has 0 radical (unpaired) electrons. The summed E-state index contributed by atoms with van der Waals surface area (Å²) >= 11 is 0. The van der Waals surface area contributed by atoms with Gasteiger partial charge in [0.15, 0.2) is 0 Å². The van der Waals surface area contributed by atoms with Crippen LogP contribution in [0.2, 0.25) is 0 Å². The van der Waals surface area contributed by atoms with Crippen molar-refractivity contribution >= 4 is 5.91 Å². The zero-order chi connectivity index (χ0) is 13.1. The summed E-state index contributed by atoms with van der Waals surface area (Å²) in [5.41, 5.74) is 1.13. The van der Waals surface area contributed by atoms with E-state index in [1.54, 1.807) is 24.9 Å². The van der Waals surface area contributed by atoms with Crippen LogP contribution in [0.5, 0.6) is 0 Å². The van der Waals surface area contributed by atoms with Crippen molar-refractivity contribution < 1.29 is 4.79 Å². The van der Waals surface area contributed by atoms with Gasteiger partial charge in [0.05, 0.1) is 6.33 Å². The highest BCUT2D eigenvalue weighted by Crippen LogP contribution is 2.28. The van der Waals surface area contributed by atoms with Crippen molar-refractivity contribution in [1.82, 2.24) is 19.4 Å². The molecule has 1 amide bonds. The second-order valence-electron chi connectivity index (χ2n) is 4.84. The molecule has 0 spiro atoms. The van der Waals surface area contributed by atoms with Crippen LogP contribution in [-0.4, -0.2) is 31.4 Å². The normalized spacial score (nSPS) is 14.3. The molecule has 3 rings (SSSR count). The number of carbonyl (C=O) groups excluding carboxylic acids is 1. The van der Waals surface area contributed by atoms with Gasteiger partial charge in [-0.05, 0) is 30.5 Å². The minimum atomic E-state index is 0.150. The van der Waals surface area contributed by atoms with Crippen molar-refractivity contribution in [2.24, 2.45) is 0 Å². The van der Waals surface area contributed by atoms with Crippen LogP contribution >= 0.6 is 0 Å². The Morgan fingerprint density at radius 3 is 2.68 bits per heavy atom. The van der Waals surface area contributed by atoms with E-state index in [1.165, 1.54) is 0 Å². The molecular formula is C14H16N4O. The molecular weight excluding hydrogens is 240 g/mol. The van der Waals surface area contributed by atoms with Crippen molar-refractivity contribution in [3.05, 3.63) is 48.8 Å². The second-order valence-corrected chi connectivity index (χ2v) is 4.84. The average molecular weight is 256 g/mol. The molecule has 2 aromatic rings. The first-order chi connectivity index (χ1) is 9.33. The van der Waals surface area contributed by atoms with Crippen LogP contribution in [0.1, 0.15) is 18.4 Å². The third kappa shape index (κ3) is 2.99. The van der Waals surface area contributed by atoms with Gasteiger partial charge >= 0.3 is 0 Å². The number of hydrogen-bond donors (Lipinski definition) is 0. The van der Waals surface area contributed by atoms with Crippen molar-refractivity contribution in [3.63, 3.8) is 0 Å². The van der Waals surface area contributed by atoms with Gasteiger partial charge in [0.25, 0.3) is 0 Å². The lowest BCUT2D eigenvalue weighted by Crippen LogP contribution is -2.35. The van der Waals surface area contributed by atoms with Gasteiger partial charge in [0, 0.05) is 37.4 Å². The van der Waals surface area contributed by atoms with Crippen molar-refractivity contribution in [2.45, 2.75) is 32.0 Å². The number of pyridine rings is 1. The SMILES string of the molecule is O=C(Cn1ccnc1)N(Cc1ccncc1)C1CC1. The Morgan fingerprint density at radius 1 is 1.26 bits per heavy atom. The number of carbonyl (C=O) groups is 1. The van der Waals surface area contributed by atoms with E-state index in [2.05, 4.69) is 9.97 Å². The molecule has 1 aliphatic rings. The highest BCUT2D eigenvalue weighted by molar-refractivity contribution is 5.76. The maximum atomic E-state index is 12.4. The predicted molar refractivity (Wildman–Crippen MR) is 70.0 cm³/mol. The van der Waals surface area contributed by atoms with E-state index in [9.17, 15) is 4.79 Å². The van der Waals surface area contributed by atoms with Gasteiger partial charge in [-0.25, -0.2) is 4.98 Å². The van der Waals surface area contributed by atoms with Crippen LogP contribution < -0.4 is 0 Å². The molecule has 0 atom stereocenters. The molecule has 1 aliphatic carbocycles. The van der Waals surface area contributed by atoms with Gasteiger partial charge in [-0.15, -0.1) is 0 Å². The second kappa shape index (κ2) is 5.22. The third-order valence-electron chi connectivity index (χ3n) is 3.29. The minimum Gasteiger partial charge on any atom is -0.334 e. The fourth-order valence-corrected chi connectivity index (χ4v) is 2.12. The van der Waals surface area contributed by atoms with Gasteiger partial charge in [-0.3, -0.25) is 9.78 Å².